The standard InChI is InChI=1S/C23H19N3O2.2ClH.Fe/c1-3-8-16(9-4-1)20-14-27-22(25-20)18-12-7-13-19(24-18)23-26-21(15-28-23)17-10-5-2-6-11-17;;;/h1-13,20-21H,14-15H2;2*1H;/q;;;+2/p-2. The third-order valence-corrected chi connectivity index (χ3v) is 4.86. The molecule has 2 atom stereocenters. The van der Waals surface area contributed by atoms with Crippen LogP contribution in [0.15, 0.2) is 88.8 Å². The largest absolute Gasteiger partial charge is 2.00 e. The molecule has 0 N–H and O–H groups in total. The average Bonchev–Trinajstić information content (AvgIpc) is 3.46. The molecule has 3 aromatic rings. The summed E-state index contributed by atoms with van der Waals surface area (Å²) >= 11 is 0. The van der Waals surface area contributed by atoms with Crippen LogP contribution >= 0.6 is 0 Å². The maximum absolute atomic E-state index is 5.82. The molecule has 5 nitrogen and oxygen atoms in total. The van der Waals surface area contributed by atoms with Gasteiger partial charge in [-0.3, -0.25) is 0 Å². The van der Waals surface area contributed by atoms with Gasteiger partial charge in [0.25, 0.3) is 0 Å². The minimum absolute atomic E-state index is 0. The number of nitrogens with zero attached hydrogens (tertiary/aromatic N) is 3. The molecule has 5 rings (SSSR count). The monoisotopic (exact) mass is 495 g/mol. The molecule has 31 heavy (non-hydrogen) atoms. The first kappa shape index (κ1) is 24.9. The zero-order chi connectivity index (χ0) is 18.8. The normalized spacial score (nSPS) is 18.8. The van der Waals surface area contributed by atoms with E-state index < -0.39 is 0 Å². The van der Waals surface area contributed by atoms with Crippen LogP contribution in [0.1, 0.15) is 34.6 Å². The molecular weight excluding hydrogens is 477 g/mol. The summed E-state index contributed by atoms with van der Waals surface area (Å²) in [5, 5.41) is 0. The smallest absolute Gasteiger partial charge is 1.00 e. The van der Waals surface area contributed by atoms with Crippen LogP contribution in [0.3, 0.4) is 0 Å². The number of aliphatic imine (C=N–C) groups is 2. The maximum atomic E-state index is 5.82. The van der Waals surface area contributed by atoms with Gasteiger partial charge in [0.05, 0.1) is 0 Å². The van der Waals surface area contributed by atoms with Crippen LogP contribution in [0.4, 0.5) is 0 Å². The van der Waals surface area contributed by atoms with E-state index in [1.807, 2.05) is 54.6 Å². The van der Waals surface area contributed by atoms with Gasteiger partial charge >= 0.3 is 17.1 Å². The van der Waals surface area contributed by atoms with Gasteiger partial charge in [0.2, 0.25) is 11.8 Å². The summed E-state index contributed by atoms with van der Waals surface area (Å²) < 4.78 is 11.6. The molecule has 0 bridgehead atoms. The Labute approximate surface area is 204 Å². The number of hydrogen-bond donors (Lipinski definition) is 0. The summed E-state index contributed by atoms with van der Waals surface area (Å²) in [7, 11) is 0. The molecule has 8 heteroatoms. The summed E-state index contributed by atoms with van der Waals surface area (Å²) in [6.45, 7) is 1.05. The number of benzene rings is 2. The van der Waals surface area contributed by atoms with E-state index in [1.54, 1.807) is 0 Å². The van der Waals surface area contributed by atoms with Gasteiger partial charge in [-0.05, 0) is 23.3 Å². The van der Waals surface area contributed by atoms with E-state index >= 15 is 0 Å². The third kappa shape index (κ3) is 5.46. The summed E-state index contributed by atoms with van der Waals surface area (Å²) in [5.41, 5.74) is 3.68. The zero-order valence-electron chi connectivity index (χ0n) is 16.3. The number of aromatic nitrogens is 1. The molecule has 0 spiro atoms. The Morgan fingerprint density at radius 2 is 1.00 bits per heavy atom. The molecule has 0 amide bonds. The summed E-state index contributed by atoms with van der Waals surface area (Å²) in [6.07, 6.45) is 0. The first-order valence-electron chi connectivity index (χ1n) is 9.36. The van der Waals surface area contributed by atoms with Gasteiger partial charge in [0, 0.05) is 0 Å². The maximum Gasteiger partial charge on any atom is 2.00 e. The minimum Gasteiger partial charge on any atom is -1.00 e. The Morgan fingerprint density at radius 1 is 0.581 bits per heavy atom. The molecule has 3 heterocycles. The number of rotatable bonds is 4. The van der Waals surface area contributed by atoms with Crippen molar-refractivity contribution in [2.24, 2.45) is 9.98 Å². The van der Waals surface area contributed by atoms with Crippen LogP contribution in [0, 0.1) is 0 Å². The third-order valence-electron chi connectivity index (χ3n) is 4.86. The van der Waals surface area contributed by atoms with Crippen LogP contribution in [-0.4, -0.2) is 30.0 Å². The molecule has 2 aromatic carbocycles. The van der Waals surface area contributed by atoms with Gasteiger partial charge in [-0.25, -0.2) is 15.0 Å². The van der Waals surface area contributed by atoms with Gasteiger partial charge in [0.1, 0.15) is 36.7 Å². The number of hydrogen-bond acceptors (Lipinski definition) is 5. The minimum atomic E-state index is 0. The van der Waals surface area contributed by atoms with Crippen LogP contribution in [-0.2, 0) is 26.5 Å². The molecule has 2 unspecified atom stereocenters. The molecule has 0 saturated heterocycles. The number of halogens is 2. The van der Waals surface area contributed by atoms with E-state index in [0.29, 0.717) is 36.4 Å². The van der Waals surface area contributed by atoms with Crippen LogP contribution in [0.5, 0.6) is 0 Å². The molecular formula is C23H19Cl2FeN3O2. The summed E-state index contributed by atoms with van der Waals surface area (Å²) in [5.74, 6) is 1.13. The molecule has 0 fully saturated rings. The second kappa shape index (κ2) is 11.3. The quantitative estimate of drug-likeness (QED) is 0.398. The van der Waals surface area contributed by atoms with E-state index in [4.69, 9.17) is 19.5 Å². The number of pyridine rings is 1. The topological polar surface area (TPSA) is 56.1 Å². The van der Waals surface area contributed by atoms with Gasteiger partial charge in [-0.1, -0.05) is 66.7 Å². The van der Waals surface area contributed by atoms with Crippen LogP contribution < -0.4 is 24.8 Å². The Bertz CT molecular complexity index is 968. The van der Waals surface area contributed by atoms with Crippen molar-refractivity contribution in [1.29, 1.82) is 0 Å². The van der Waals surface area contributed by atoms with E-state index in [-0.39, 0.29) is 54.0 Å². The van der Waals surface area contributed by atoms with Crippen molar-refractivity contribution in [3.63, 3.8) is 0 Å². The Balaban J connectivity index is 0.00000114. The molecule has 1 aromatic heterocycles. The molecule has 0 radical (unpaired) electrons. The molecule has 160 valence electrons. The predicted molar refractivity (Wildman–Crippen MR) is 108 cm³/mol. The van der Waals surface area contributed by atoms with Gasteiger partial charge in [0.15, 0.2) is 0 Å². The molecule has 0 aliphatic carbocycles. The Kier molecular flexibility index (Phi) is 9.08. The second-order valence-corrected chi connectivity index (χ2v) is 6.75. The van der Waals surface area contributed by atoms with Crippen molar-refractivity contribution in [2.45, 2.75) is 12.1 Å². The molecule has 2 aliphatic heterocycles. The van der Waals surface area contributed by atoms with E-state index in [0.717, 1.165) is 11.1 Å². The fourth-order valence-corrected chi connectivity index (χ4v) is 3.39. The molecule has 2 aliphatic rings. The van der Waals surface area contributed by atoms with Crippen LogP contribution in [0.25, 0.3) is 0 Å². The van der Waals surface area contributed by atoms with E-state index in [1.165, 1.54) is 0 Å². The van der Waals surface area contributed by atoms with Crippen molar-refractivity contribution < 1.29 is 51.4 Å². The van der Waals surface area contributed by atoms with Crippen molar-refractivity contribution >= 4 is 11.8 Å². The first-order valence-corrected chi connectivity index (χ1v) is 9.36. The van der Waals surface area contributed by atoms with Gasteiger partial charge in [-0.2, -0.15) is 0 Å². The Hall–Kier alpha value is -2.37. The number of ether oxygens (including phenoxy) is 2. The van der Waals surface area contributed by atoms with Gasteiger partial charge in [-0.15, -0.1) is 0 Å². The SMILES string of the molecule is [Cl-].[Cl-].[Fe+2].c1ccc(C2COC(c3cccc(C4=NC(c5ccccc5)CO4)n3)=N2)cc1. The van der Waals surface area contributed by atoms with Crippen LogP contribution in [0.2, 0.25) is 0 Å². The predicted octanol–water partition coefficient (Wildman–Crippen LogP) is -1.88. The second-order valence-electron chi connectivity index (χ2n) is 6.75. The van der Waals surface area contributed by atoms with Crippen molar-refractivity contribution in [2.75, 3.05) is 13.2 Å². The van der Waals surface area contributed by atoms with Crippen molar-refractivity contribution in [1.82, 2.24) is 4.98 Å². The molecule has 0 saturated carbocycles. The summed E-state index contributed by atoms with van der Waals surface area (Å²) in [6, 6.07) is 26.1. The first-order chi connectivity index (χ1) is 13.9. The van der Waals surface area contributed by atoms with E-state index in [9.17, 15) is 0 Å². The van der Waals surface area contributed by atoms with Gasteiger partial charge < -0.3 is 34.3 Å². The zero-order valence-corrected chi connectivity index (χ0v) is 19.0. The van der Waals surface area contributed by atoms with Crippen molar-refractivity contribution in [3.8, 4) is 0 Å². The fraction of sp³-hybridized carbons (Fsp3) is 0.174. The Morgan fingerprint density at radius 3 is 1.42 bits per heavy atom. The average molecular weight is 496 g/mol. The fourth-order valence-electron chi connectivity index (χ4n) is 3.39. The van der Waals surface area contributed by atoms with Crippen molar-refractivity contribution in [3.05, 3.63) is 101 Å². The summed E-state index contributed by atoms with van der Waals surface area (Å²) in [4.78, 5) is 14.1. The van der Waals surface area contributed by atoms with E-state index in [2.05, 4.69) is 29.2 Å².